The van der Waals surface area contributed by atoms with E-state index in [9.17, 15) is 14.0 Å². The number of halogens is 1. The normalized spacial score (nSPS) is 18.9. The van der Waals surface area contributed by atoms with E-state index >= 15 is 0 Å². The summed E-state index contributed by atoms with van der Waals surface area (Å²) >= 11 is 0. The highest BCUT2D eigenvalue weighted by atomic mass is 19.1. The van der Waals surface area contributed by atoms with Crippen molar-refractivity contribution in [2.75, 3.05) is 18.5 Å². The first-order chi connectivity index (χ1) is 9.09. The first-order valence-electron chi connectivity index (χ1n) is 6.00. The van der Waals surface area contributed by atoms with Crippen LogP contribution in [0, 0.1) is 11.7 Å². The molecule has 0 saturated carbocycles. The maximum Gasteiger partial charge on any atom is 0.337 e. The number of carboxylic acid groups (broad SMARTS) is 1. The maximum absolute atomic E-state index is 13.6. The summed E-state index contributed by atoms with van der Waals surface area (Å²) in [5.41, 5.74) is -0.546. The highest BCUT2D eigenvalue weighted by Crippen LogP contribution is 2.22. The molecule has 2 rings (SSSR count). The van der Waals surface area contributed by atoms with Crippen molar-refractivity contribution in [2.24, 2.45) is 5.92 Å². The Labute approximate surface area is 109 Å². The van der Waals surface area contributed by atoms with Gasteiger partial charge in [-0.05, 0) is 25.0 Å². The second-order valence-corrected chi connectivity index (χ2v) is 4.37. The molecule has 1 heterocycles. The molecule has 1 saturated heterocycles. The van der Waals surface area contributed by atoms with Crippen LogP contribution < -0.4 is 5.32 Å². The summed E-state index contributed by atoms with van der Waals surface area (Å²) in [6.07, 6.45) is 1.42. The zero-order chi connectivity index (χ0) is 13.8. The molecule has 1 aliphatic rings. The summed E-state index contributed by atoms with van der Waals surface area (Å²) < 4.78 is 18.8. The van der Waals surface area contributed by atoms with Gasteiger partial charge in [0.25, 0.3) is 0 Å². The molecule has 0 bridgehead atoms. The standard InChI is InChI=1S/C13H14FNO4/c14-10-5-1-4-9(13(17)18)11(10)15-12(16)8-3-2-6-19-7-8/h1,4-5,8H,2-3,6-7H2,(H,15,16)(H,17,18). The average Bonchev–Trinajstić information content (AvgIpc) is 2.41. The van der Waals surface area contributed by atoms with Crippen molar-refractivity contribution in [1.29, 1.82) is 0 Å². The number of hydrogen-bond acceptors (Lipinski definition) is 3. The maximum atomic E-state index is 13.6. The van der Waals surface area contributed by atoms with Crippen LogP contribution in [0.5, 0.6) is 0 Å². The Balaban J connectivity index is 2.18. The molecule has 0 radical (unpaired) electrons. The second kappa shape index (κ2) is 5.79. The van der Waals surface area contributed by atoms with Crippen molar-refractivity contribution in [2.45, 2.75) is 12.8 Å². The summed E-state index contributed by atoms with van der Waals surface area (Å²) in [4.78, 5) is 22.9. The monoisotopic (exact) mass is 267 g/mol. The third-order valence-electron chi connectivity index (χ3n) is 3.02. The van der Waals surface area contributed by atoms with Gasteiger partial charge in [-0.3, -0.25) is 4.79 Å². The van der Waals surface area contributed by atoms with Gasteiger partial charge in [0.2, 0.25) is 5.91 Å². The van der Waals surface area contributed by atoms with Crippen LogP contribution in [0.15, 0.2) is 18.2 Å². The van der Waals surface area contributed by atoms with E-state index in [1.165, 1.54) is 12.1 Å². The zero-order valence-electron chi connectivity index (χ0n) is 10.2. The molecule has 6 heteroatoms. The number of carbonyl (C=O) groups is 2. The van der Waals surface area contributed by atoms with Crippen molar-refractivity contribution in [3.63, 3.8) is 0 Å². The molecule has 1 amide bonds. The minimum atomic E-state index is -1.28. The lowest BCUT2D eigenvalue weighted by atomic mass is 10.0. The minimum absolute atomic E-state index is 0.259. The SMILES string of the molecule is O=C(O)c1cccc(F)c1NC(=O)C1CCCOC1. The third kappa shape index (κ3) is 3.08. The van der Waals surface area contributed by atoms with Crippen LogP contribution in [0.4, 0.5) is 10.1 Å². The van der Waals surface area contributed by atoms with Gasteiger partial charge in [0.15, 0.2) is 0 Å². The van der Waals surface area contributed by atoms with Gasteiger partial charge in [-0.2, -0.15) is 0 Å². The predicted molar refractivity (Wildman–Crippen MR) is 65.5 cm³/mol. The number of benzene rings is 1. The molecular formula is C13H14FNO4. The first kappa shape index (κ1) is 13.5. The Kier molecular flexibility index (Phi) is 4.11. The van der Waals surface area contributed by atoms with Crippen LogP contribution in [0.25, 0.3) is 0 Å². The van der Waals surface area contributed by atoms with E-state index < -0.39 is 17.7 Å². The number of anilines is 1. The van der Waals surface area contributed by atoms with Crippen LogP contribution in [-0.4, -0.2) is 30.2 Å². The Morgan fingerprint density at radius 3 is 2.84 bits per heavy atom. The van der Waals surface area contributed by atoms with Gasteiger partial charge in [-0.1, -0.05) is 6.07 Å². The molecule has 19 heavy (non-hydrogen) atoms. The number of amides is 1. The number of ether oxygens (including phenoxy) is 1. The smallest absolute Gasteiger partial charge is 0.337 e. The Morgan fingerprint density at radius 2 is 2.21 bits per heavy atom. The summed E-state index contributed by atoms with van der Waals surface area (Å²) in [6.45, 7) is 0.895. The average molecular weight is 267 g/mol. The van der Waals surface area contributed by atoms with Crippen LogP contribution in [0.2, 0.25) is 0 Å². The van der Waals surface area contributed by atoms with Crippen LogP contribution in [0.3, 0.4) is 0 Å². The first-order valence-corrected chi connectivity index (χ1v) is 6.00. The summed E-state index contributed by atoms with van der Waals surface area (Å²) in [6, 6.07) is 3.65. The molecule has 2 N–H and O–H groups in total. The Hall–Kier alpha value is -1.95. The molecule has 102 valence electrons. The molecule has 1 aromatic carbocycles. The molecule has 1 aromatic rings. The van der Waals surface area contributed by atoms with Gasteiger partial charge < -0.3 is 15.2 Å². The predicted octanol–water partition coefficient (Wildman–Crippen LogP) is 1.89. The lowest BCUT2D eigenvalue weighted by Gasteiger charge is -2.21. The van der Waals surface area contributed by atoms with Crippen LogP contribution in [0.1, 0.15) is 23.2 Å². The summed E-state index contributed by atoms with van der Waals surface area (Å²) in [5.74, 6) is -2.82. The number of aromatic carboxylic acids is 1. The van der Waals surface area contributed by atoms with Gasteiger partial charge in [0.1, 0.15) is 5.82 Å². The molecule has 1 fully saturated rings. The van der Waals surface area contributed by atoms with Crippen molar-refractivity contribution in [1.82, 2.24) is 0 Å². The summed E-state index contributed by atoms with van der Waals surface area (Å²) in [5, 5.41) is 11.3. The van der Waals surface area contributed by atoms with Crippen molar-refractivity contribution in [3.05, 3.63) is 29.6 Å². The third-order valence-corrected chi connectivity index (χ3v) is 3.02. The fraction of sp³-hybridized carbons (Fsp3) is 0.385. The fourth-order valence-electron chi connectivity index (χ4n) is 2.00. The van der Waals surface area contributed by atoms with Crippen molar-refractivity contribution in [3.8, 4) is 0 Å². The number of para-hydroxylation sites is 1. The van der Waals surface area contributed by atoms with Gasteiger partial charge >= 0.3 is 5.97 Å². The van der Waals surface area contributed by atoms with E-state index in [-0.39, 0.29) is 23.8 Å². The molecule has 0 aromatic heterocycles. The molecule has 0 spiro atoms. The number of hydrogen-bond donors (Lipinski definition) is 2. The van der Waals surface area contributed by atoms with Gasteiger partial charge in [0.05, 0.1) is 23.8 Å². The summed E-state index contributed by atoms with van der Waals surface area (Å²) in [7, 11) is 0. The highest BCUT2D eigenvalue weighted by molar-refractivity contribution is 6.01. The van der Waals surface area contributed by atoms with E-state index in [0.29, 0.717) is 13.0 Å². The van der Waals surface area contributed by atoms with Crippen LogP contribution >= 0.6 is 0 Å². The Morgan fingerprint density at radius 1 is 1.42 bits per heavy atom. The quantitative estimate of drug-likeness (QED) is 0.876. The lowest BCUT2D eigenvalue weighted by Crippen LogP contribution is -2.31. The van der Waals surface area contributed by atoms with Gasteiger partial charge in [-0.15, -0.1) is 0 Å². The van der Waals surface area contributed by atoms with E-state index in [1.807, 2.05) is 0 Å². The van der Waals surface area contributed by atoms with Gasteiger partial charge in [-0.25, -0.2) is 9.18 Å². The molecule has 1 atom stereocenters. The minimum Gasteiger partial charge on any atom is -0.478 e. The Bertz CT molecular complexity index is 497. The van der Waals surface area contributed by atoms with Crippen molar-refractivity contribution < 1.29 is 23.8 Å². The largest absolute Gasteiger partial charge is 0.478 e. The zero-order valence-corrected chi connectivity index (χ0v) is 10.2. The topological polar surface area (TPSA) is 75.6 Å². The van der Waals surface area contributed by atoms with E-state index in [0.717, 1.165) is 12.5 Å². The van der Waals surface area contributed by atoms with E-state index in [2.05, 4.69) is 5.32 Å². The highest BCUT2D eigenvalue weighted by Gasteiger charge is 2.24. The van der Waals surface area contributed by atoms with Crippen molar-refractivity contribution >= 4 is 17.6 Å². The number of carboxylic acids is 1. The molecule has 1 unspecified atom stereocenters. The number of carbonyl (C=O) groups excluding carboxylic acids is 1. The number of nitrogens with one attached hydrogen (secondary N) is 1. The second-order valence-electron chi connectivity index (χ2n) is 4.37. The van der Waals surface area contributed by atoms with E-state index in [1.54, 1.807) is 0 Å². The van der Waals surface area contributed by atoms with E-state index in [4.69, 9.17) is 9.84 Å². The fourth-order valence-corrected chi connectivity index (χ4v) is 2.00. The van der Waals surface area contributed by atoms with Gasteiger partial charge in [0, 0.05) is 6.61 Å². The molecule has 0 aliphatic carbocycles. The van der Waals surface area contributed by atoms with Crippen LogP contribution in [-0.2, 0) is 9.53 Å². The molecule has 5 nitrogen and oxygen atoms in total. The number of rotatable bonds is 3. The molecule has 1 aliphatic heterocycles. The molecular weight excluding hydrogens is 253 g/mol. The lowest BCUT2D eigenvalue weighted by molar-refractivity contribution is -0.123.